The molecule has 34 heavy (non-hydrogen) atoms. The highest BCUT2D eigenvalue weighted by atomic mass is 79.9. The maximum atomic E-state index is 3.81. The molecule has 0 saturated carbocycles. The zero-order chi connectivity index (χ0) is 22.8. The van der Waals surface area contributed by atoms with Gasteiger partial charge in [-0.2, -0.15) is 0 Å². The van der Waals surface area contributed by atoms with Crippen molar-refractivity contribution in [2.75, 3.05) is 0 Å². The van der Waals surface area contributed by atoms with Crippen LogP contribution in [0.25, 0.3) is 66.1 Å². The number of benzene rings is 6. The van der Waals surface area contributed by atoms with Crippen LogP contribution in [0.4, 0.5) is 0 Å². The van der Waals surface area contributed by atoms with Crippen LogP contribution < -0.4 is 0 Å². The van der Waals surface area contributed by atoms with Gasteiger partial charge >= 0.3 is 0 Å². The Balaban J connectivity index is 1.78. The summed E-state index contributed by atoms with van der Waals surface area (Å²) in [6, 6.07) is 39.5. The van der Waals surface area contributed by atoms with Gasteiger partial charge in [-0.25, -0.2) is 0 Å². The number of rotatable bonds is 2. The second-order valence-corrected chi connectivity index (χ2v) is 10.5. The first-order valence-corrected chi connectivity index (χ1v) is 12.9. The van der Waals surface area contributed by atoms with Gasteiger partial charge in [0.05, 0.1) is 0 Å². The lowest BCUT2D eigenvalue weighted by molar-refractivity contribution is 1.61. The van der Waals surface area contributed by atoms with E-state index in [-0.39, 0.29) is 0 Å². The van der Waals surface area contributed by atoms with Gasteiger partial charge in [-0.3, -0.25) is 0 Å². The standard InChI is InChI=1S/C32H18Br2/c33-21-14-15-22-26(18-21)29(20-10-5-2-6-11-20)31-24-13-7-12-23-27(34)17-16-25(30(23)24)32(31)28(22)19-8-3-1-4-9-19/h1-18H. The minimum Gasteiger partial charge on any atom is -0.0622 e. The summed E-state index contributed by atoms with van der Waals surface area (Å²) in [6.07, 6.45) is 0. The molecule has 6 aromatic carbocycles. The normalized spacial score (nSPS) is 11.8. The average Bonchev–Trinajstić information content (AvgIpc) is 3.20. The fourth-order valence-electron chi connectivity index (χ4n) is 5.60. The molecule has 0 nitrogen and oxygen atoms in total. The molecule has 7 rings (SSSR count). The van der Waals surface area contributed by atoms with E-state index in [9.17, 15) is 0 Å². The largest absolute Gasteiger partial charge is 0.0622 e. The molecule has 0 aliphatic heterocycles. The monoisotopic (exact) mass is 560 g/mol. The number of hydrogen-bond donors (Lipinski definition) is 0. The van der Waals surface area contributed by atoms with Gasteiger partial charge in [0.1, 0.15) is 0 Å². The van der Waals surface area contributed by atoms with Crippen molar-refractivity contribution < 1.29 is 0 Å². The third-order valence-electron chi connectivity index (χ3n) is 6.92. The van der Waals surface area contributed by atoms with E-state index < -0.39 is 0 Å². The second-order valence-electron chi connectivity index (χ2n) is 8.75. The van der Waals surface area contributed by atoms with Crippen molar-refractivity contribution in [2.45, 2.75) is 0 Å². The van der Waals surface area contributed by atoms with Gasteiger partial charge in [-0.15, -0.1) is 0 Å². The number of halogens is 2. The lowest BCUT2D eigenvalue weighted by atomic mass is 9.82. The molecule has 0 fully saturated rings. The van der Waals surface area contributed by atoms with Crippen LogP contribution in [-0.2, 0) is 0 Å². The second kappa shape index (κ2) is 7.66. The fraction of sp³-hybridized carbons (Fsp3) is 0. The maximum Gasteiger partial charge on any atom is 0.0254 e. The summed E-state index contributed by atoms with van der Waals surface area (Å²) in [5.41, 5.74) is 10.4. The maximum absolute atomic E-state index is 3.81. The Hall–Kier alpha value is -3.20. The third kappa shape index (κ3) is 2.82. The molecule has 0 heterocycles. The van der Waals surface area contributed by atoms with E-state index in [1.807, 2.05) is 0 Å². The predicted octanol–water partition coefficient (Wildman–Crippen LogP) is 10.5. The summed E-state index contributed by atoms with van der Waals surface area (Å²) >= 11 is 7.57. The average molecular weight is 562 g/mol. The SMILES string of the molecule is Brc1ccc2c(-c3ccccc3)c3c(c(-c4ccccc4)c2c1)-c1cccc2c(Br)ccc-3c12. The molecule has 0 bridgehead atoms. The first-order valence-electron chi connectivity index (χ1n) is 11.3. The molecule has 2 heteroatoms. The van der Waals surface area contributed by atoms with E-state index in [1.165, 1.54) is 66.1 Å². The molecule has 0 aromatic heterocycles. The molecular weight excluding hydrogens is 544 g/mol. The van der Waals surface area contributed by atoms with Crippen molar-refractivity contribution in [1.82, 2.24) is 0 Å². The minimum absolute atomic E-state index is 1.09. The molecular formula is C32H18Br2. The van der Waals surface area contributed by atoms with Crippen LogP contribution >= 0.6 is 31.9 Å². The van der Waals surface area contributed by atoms with Crippen LogP contribution in [-0.4, -0.2) is 0 Å². The van der Waals surface area contributed by atoms with Crippen LogP contribution in [0.5, 0.6) is 0 Å². The molecule has 0 atom stereocenters. The molecule has 0 N–H and O–H groups in total. The Morgan fingerprint density at radius 1 is 0.412 bits per heavy atom. The van der Waals surface area contributed by atoms with Crippen LogP contribution in [0.2, 0.25) is 0 Å². The number of hydrogen-bond acceptors (Lipinski definition) is 0. The van der Waals surface area contributed by atoms with E-state index in [0.29, 0.717) is 0 Å². The topological polar surface area (TPSA) is 0 Å². The van der Waals surface area contributed by atoms with Crippen molar-refractivity contribution in [3.05, 3.63) is 118 Å². The molecule has 0 unspecified atom stereocenters. The summed E-state index contributed by atoms with van der Waals surface area (Å²) in [6.45, 7) is 0. The third-order valence-corrected chi connectivity index (χ3v) is 8.11. The Kier molecular flexibility index (Phi) is 4.55. The molecule has 160 valence electrons. The highest BCUT2D eigenvalue weighted by Crippen LogP contribution is 2.58. The minimum atomic E-state index is 1.09. The van der Waals surface area contributed by atoms with Gasteiger partial charge in [0, 0.05) is 8.95 Å². The van der Waals surface area contributed by atoms with Crippen LogP contribution in [0.1, 0.15) is 0 Å². The summed E-state index contributed by atoms with van der Waals surface area (Å²) in [5.74, 6) is 0. The van der Waals surface area contributed by atoms with Crippen molar-refractivity contribution in [3.63, 3.8) is 0 Å². The predicted molar refractivity (Wildman–Crippen MR) is 152 cm³/mol. The summed E-state index contributed by atoms with van der Waals surface area (Å²) < 4.78 is 2.23. The zero-order valence-electron chi connectivity index (χ0n) is 18.1. The van der Waals surface area contributed by atoms with E-state index in [2.05, 4.69) is 141 Å². The fourth-order valence-corrected chi connectivity index (χ4v) is 6.42. The van der Waals surface area contributed by atoms with Crippen molar-refractivity contribution in [2.24, 2.45) is 0 Å². The highest BCUT2D eigenvalue weighted by Gasteiger charge is 2.30. The van der Waals surface area contributed by atoms with Crippen LogP contribution in [0.3, 0.4) is 0 Å². The van der Waals surface area contributed by atoms with E-state index in [4.69, 9.17) is 0 Å². The van der Waals surface area contributed by atoms with Crippen LogP contribution in [0, 0.1) is 0 Å². The van der Waals surface area contributed by atoms with E-state index in [0.717, 1.165) is 8.95 Å². The highest BCUT2D eigenvalue weighted by molar-refractivity contribution is 9.11. The lowest BCUT2D eigenvalue weighted by Crippen LogP contribution is -1.93. The first kappa shape index (κ1) is 20.2. The van der Waals surface area contributed by atoms with Gasteiger partial charge in [0.2, 0.25) is 0 Å². The van der Waals surface area contributed by atoms with E-state index in [1.54, 1.807) is 0 Å². The van der Waals surface area contributed by atoms with Gasteiger partial charge in [-0.05, 0) is 84.3 Å². The van der Waals surface area contributed by atoms with Crippen molar-refractivity contribution >= 4 is 53.4 Å². The smallest absolute Gasteiger partial charge is 0.0254 e. The lowest BCUT2D eigenvalue weighted by Gasteiger charge is -2.20. The Bertz CT molecular complexity index is 1750. The van der Waals surface area contributed by atoms with Gasteiger partial charge in [-0.1, -0.05) is 123 Å². The van der Waals surface area contributed by atoms with Gasteiger partial charge < -0.3 is 0 Å². The summed E-state index contributed by atoms with van der Waals surface area (Å²) in [4.78, 5) is 0. The Morgan fingerprint density at radius 3 is 1.71 bits per heavy atom. The molecule has 0 amide bonds. The molecule has 1 aliphatic rings. The number of fused-ring (bicyclic) bond motifs is 4. The molecule has 0 radical (unpaired) electrons. The molecule has 0 saturated heterocycles. The Labute approximate surface area is 215 Å². The van der Waals surface area contributed by atoms with Crippen molar-refractivity contribution in [3.8, 4) is 44.5 Å². The summed E-state index contributed by atoms with van der Waals surface area (Å²) in [7, 11) is 0. The molecule has 6 aromatic rings. The summed E-state index contributed by atoms with van der Waals surface area (Å²) in [5, 5.41) is 5.13. The Morgan fingerprint density at radius 2 is 1.03 bits per heavy atom. The molecule has 1 aliphatic carbocycles. The quantitative estimate of drug-likeness (QED) is 0.197. The van der Waals surface area contributed by atoms with E-state index >= 15 is 0 Å². The van der Waals surface area contributed by atoms with Crippen molar-refractivity contribution in [1.29, 1.82) is 0 Å². The molecule has 0 spiro atoms. The van der Waals surface area contributed by atoms with Crippen LogP contribution in [0.15, 0.2) is 118 Å². The zero-order valence-corrected chi connectivity index (χ0v) is 21.3. The first-order chi connectivity index (χ1) is 16.7. The van der Waals surface area contributed by atoms with Gasteiger partial charge in [0.15, 0.2) is 0 Å². The van der Waals surface area contributed by atoms with Gasteiger partial charge in [0.25, 0.3) is 0 Å².